The Morgan fingerprint density at radius 2 is 1.62 bits per heavy atom. The highest BCUT2D eigenvalue weighted by Gasteiger charge is 2.33. The number of piperidine rings is 1. The van der Waals surface area contributed by atoms with Crippen molar-refractivity contribution in [2.75, 3.05) is 31.1 Å². The van der Waals surface area contributed by atoms with Crippen LogP contribution in [0.3, 0.4) is 0 Å². The summed E-state index contributed by atoms with van der Waals surface area (Å²) >= 11 is 12.3. The van der Waals surface area contributed by atoms with E-state index in [1.165, 1.54) is 28.1 Å². The summed E-state index contributed by atoms with van der Waals surface area (Å²) in [6.45, 7) is 1.58. The minimum atomic E-state index is -3.86. The Labute approximate surface area is 245 Å². The lowest BCUT2D eigenvalue weighted by Gasteiger charge is -2.31. The zero-order valence-electron chi connectivity index (χ0n) is 21.9. The topological polar surface area (TPSA) is 86.8 Å². The number of hydrogen-bond donors (Lipinski definition) is 1. The van der Waals surface area contributed by atoms with E-state index >= 15 is 0 Å². The highest BCUT2D eigenvalue weighted by molar-refractivity contribution is 7.89. The zero-order chi connectivity index (χ0) is 28.3. The van der Waals surface area contributed by atoms with Gasteiger partial charge in [-0.05, 0) is 73.2 Å². The molecule has 0 spiro atoms. The lowest BCUT2D eigenvalue weighted by atomic mass is 9.91. The van der Waals surface area contributed by atoms with Crippen LogP contribution < -0.4 is 10.2 Å². The largest absolute Gasteiger partial charge is 0.352 e. The first-order valence-electron chi connectivity index (χ1n) is 13.4. The molecule has 2 saturated heterocycles. The predicted octanol–water partition coefficient (Wildman–Crippen LogP) is 5.42. The number of anilines is 1. The highest BCUT2D eigenvalue weighted by Crippen LogP contribution is 2.31. The number of benzene rings is 3. The van der Waals surface area contributed by atoms with Crippen molar-refractivity contribution in [1.82, 2.24) is 9.62 Å². The van der Waals surface area contributed by atoms with Gasteiger partial charge >= 0.3 is 0 Å². The zero-order valence-corrected chi connectivity index (χ0v) is 24.3. The summed E-state index contributed by atoms with van der Waals surface area (Å²) < 4.78 is 28.5. The summed E-state index contributed by atoms with van der Waals surface area (Å²) in [7, 11) is -3.86. The van der Waals surface area contributed by atoms with Crippen molar-refractivity contribution in [1.29, 1.82) is 0 Å². The van der Waals surface area contributed by atoms with Crippen molar-refractivity contribution in [3.05, 3.63) is 94.0 Å². The first-order valence-corrected chi connectivity index (χ1v) is 15.6. The Bertz CT molecular complexity index is 1470. The van der Waals surface area contributed by atoms with Crippen molar-refractivity contribution in [2.24, 2.45) is 11.8 Å². The number of amides is 2. The van der Waals surface area contributed by atoms with Gasteiger partial charge in [0, 0.05) is 54.8 Å². The number of carbonyl (C=O) groups is 2. The van der Waals surface area contributed by atoms with Crippen LogP contribution in [0.25, 0.3) is 0 Å². The summed E-state index contributed by atoms with van der Waals surface area (Å²) in [6.07, 6.45) is 2.76. The summed E-state index contributed by atoms with van der Waals surface area (Å²) in [5.74, 6) is -0.0830. The van der Waals surface area contributed by atoms with E-state index in [2.05, 4.69) is 17.4 Å². The Hall–Kier alpha value is -2.91. The second kappa shape index (κ2) is 12.3. The van der Waals surface area contributed by atoms with Crippen LogP contribution in [0.4, 0.5) is 5.69 Å². The number of carbonyl (C=O) groups excluding carboxylic acids is 2. The molecule has 0 aromatic heterocycles. The van der Waals surface area contributed by atoms with E-state index in [-0.39, 0.29) is 33.9 Å². The van der Waals surface area contributed by atoms with E-state index < -0.39 is 15.9 Å². The molecule has 10 heteroatoms. The third-order valence-electron chi connectivity index (χ3n) is 7.65. The van der Waals surface area contributed by atoms with Crippen molar-refractivity contribution >= 4 is 50.7 Å². The fourth-order valence-corrected chi connectivity index (χ4v) is 7.51. The van der Waals surface area contributed by atoms with Crippen LogP contribution in [0.2, 0.25) is 10.0 Å². The van der Waals surface area contributed by atoms with Gasteiger partial charge in [-0.3, -0.25) is 9.59 Å². The number of halogens is 2. The van der Waals surface area contributed by atoms with Crippen LogP contribution in [0, 0.1) is 11.8 Å². The van der Waals surface area contributed by atoms with Crippen LogP contribution in [0.1, 0.15) is 35.2 Å². The molecular formula is C30H31Cl2N3O4S. The predicted molar refractivity (Wildman–Crippen MR) is 157 cm³/mol. The minimum absolute atomic E-state index is 0.0195. The molecule has 1 atom stereocenters. The summed E-state index contributed by atoms with van der Waals surface area (Å²) in [6, 6.07) is 21.6. The van der Waals surface area contributed by atoms with E-state index in [4.69, 9.17) is 23.2 Å². The number of sulfonamides is 1. The number of nitrogens with zero attached hydrogens (tertiary/aromatic N) is 2. The van der Waals surface area contributed by atoms with Crippen LogP contribution >= 0.6 is 23.2 Å². The normalized spacial score (nSPS) is 18.7. The van der Waals surface area contributed by atoms with E-state index in [9.17, 15) is 18.0 Å². The average molecular weight is 601 g/mol. The van der Waals surface area contributed by atoms with Gasteiger partial charge in [-0.15, -0.1) is 0 Å². The van der Waals surface area contributed by atoms with E-state index in [1.54, 1.807) is 29.2 Å². The second-order valence-electron chi connectivity index (χ2n) is 10.4. The fourth-order valence-electron chi connectivity index (χ4n) is 5.41. The quantitative estimate of drug-likeness (QED) is 0.374. The first-order chi connectivity index (χ1) is 19.2. The maximum absolute atomic E-state index is 13.5. The molecule has 7 nitrogen and oxygen atoms in total. The van der Waals surface area contributed by atoms with Gasteiger partial charge in [0.2, 0.25) is 15.9 Å². The van der Waals surface area contributed by atoms with Crippen molar-refractivity contribution in [3.63, 3.8) is 0 Å². The molecule has 0 aliphatic carbocycles. The Balaban J connectivity index is 1.19. The SMILES string of the molecule is O=C(NCC1CC(=O)N(c2ccc(Cl)cc2)C1)c1ccc(Cl)c(S(=O)(=O)N2CCC(Cc3ccccc3)CC2)c1. The molecule has 2 heterocycles. The van der Waals surface area contributed by atoms with Crippen molar-refractivity contribution in [3.8, 4) is 0 Å². The van der Waals surface area contributed by atoms with Crippen molar-refractivity contribution < 1.29 is 18.0 Å². The van der Waals surface area contributed by atoms with Crippen LogP contribution in [-0.4, -0.2) is 50.7 Å². The molecule has 3 aromatic rings. The molecule has 1 N–H and O–H groups in total. The Morgan fingerprint density at radius 3 is 2.33 bits per heavy atom. The highest BCUT2D eigenvalue weighted by atomic mass is 35.5. The lowest BCUT2D eigenvalue weighted by molar-refractivity contribution is -0.117. The molecular weight excluding hydrogens is 569 g/mol. The molecule has 40 heavy (non-hydrogen) atoms. The monoisotopic (exact) mass is 599 g/mol. The third-order valence-corrected chi connectivity index (χ3v) is 10.3. The lowest BCUT2D eigenvalue weighted by Crippen LogP contribution is -2.39. The first kappa shape index (κ1) is 28.6. The van der Waals surface area contributed by atoms with E-state index in [0.717, 1.165) is 24.9 Å². The fraction of sp³-hybridized carbons (Fsp3) is 0.333. The molecule has 0 bridgehead atoms. The summed E-state index contributed by atoms with van der Waals surface area (Å²) in [5.41, 5.74) is 2.23. The molecule has 3 aromatic carbocycles. The van der Waals surface area contributed by atoms with E-state index in [1.807, 2.05) is 18.2 Å². The maximum Gasteiger partial charge on any atom is 0.251 e. The van der Waals surface area contributed by atoms with Gasteiger partial charge in [0.05, 0.1) is 5.02 Å². The Morgan fingerprint density at radius 1 is 0.925 bits per heavy atom. The van der Waals surface area contributed by atoms with E-state index in [0.29, 0.717) is 37.0 Å². The molecule has 210 valence electrons. The van der Waals surface area contributed by atoms with Gasteiger partial charge in [0.15, 0.2) is 0 Å². The second-order valence-corrected chi connectivity index (χ2v) is 13.2. The van der Waals surface area contributed by atoms with Gasteiger partial charge in [-0.25, -0.2) is 8.42 Å². The van der Waals surface area contributed by atoms with Gasteiger partial charge < -0.3 is 10.2 Å². The molecule has 2 aliphatic heterocycles. The molecule has 0 saturated carbocycles. The average Bonchev–Trinajstić information content (AvgIpc) is 3.33. The number of nitrogens with one attached hydrogen (secondary N) is 1. The molecule has 2 fully saturated rings. The standard InChI is InChI=1S/C30H31Cl2N3O4S/c31-25-7-9-26(10-8-25)35-20-23(17-29(35)36)19-33-30(37)24-6-11-27(32)28(18-24)40(38,39)34-14-12-22(13-15-34)16-21-4-2-1-3-5-21/h1-11,18,22-23H,12-17,19-20H2,(H,33,37). The third kappa shape index (κ3) is 6.52. The summed E-state index contributed by atoms with van der Waals surface area (Å²) in [5, 5.41) is 3.54. The van der Waals surface area contributed by atoms with Crippen LogP contribution in [0.5, 0.6) is 0 Å². The van der Waals surface area contributed by atoms with Gasteiger partial charge in [0.1, 0.15) is 4.90 Å². The molecule has 2 amide bonds. The van der Waals surface area contributed by atoms with Gasteiger partial charge in [0.25, 0.3) is 5.91 Å². The summed E-state index contributed by atoms with van der Waals surface area (Å²) in [4.78, 5) is 27.1. The molecule has 0 radical (unpaired) electrons. The Kier molecular flexibility index (Phi) is 8.80. The smallest absolute Gasteiger partial charge is 0.251 e. The van der Waals surface area contributed by atoms with Crippen LogP contribution in [0.15, 0.2) is 77.7 Å². The molecule has 1 unspecified atom stereocenters. The molecule has 2 aliphatic rings. The van der Waals surface area contributed by atoms with Crippen molar-refractivity contribution in [2.45, 2.75) is 30.6 Å². The van der Waals surface area contributed by atoms with Crippen LogP contribution in [-0.2, 0) is 21.2 Å². The molecule has 5 rings (SSSR count). The number of hydrogen-bond acceptors (Lipinski definition) is 4. The maximum atomic E-state index is 13.5. The van der Waals surface area contributed by atoms with Gasteiger partial charge in [-0.2, -0.15) is 4.31 Å². The number of rotatable bonds is 8. The minimum Gasteiger partial charge on any atom is -0.352 e. The van der Waals surface area contributed by atoms with Gasteiger partial charge in [-0.1, -0.05) is 53.5 Å².